The van der Waals surface area contributed by atoms with Gasteiger partial charge in [-0.2, -0.15) is 0 Å². The third kappa shape index (κ3) is 5.48. The maximum Gasteiger partial charge on any atom is 0.237 e. The number of methoxy groups -OCH3 is 2. The number of ether oxygens (including phenoxy) is 2. The average Bonchev–Trinajstić information content (AvgIpc) is 2.86. The van der Waals surface area contributed by atoms with Crippen LogP contribution in [0.15, 0.2) is 77.8 Å². The van der Waals surface area contributed by atoms with Gasteiger partial charge in [-0.05, 0) is 78.7 Å². The molecule has 4 rings (SSSR count). The maximum absolute atomic E-state index is 13.5. The zero-order chi connectivity index (χ0) is 24.1. The van der Waals surface area contributed by atoms with Gasteiger partial charge in [0.15, 0.2) is 0 Å². The molecule has 174 valence electrons. The van der Waals surface area contributed by atoms with Crippen molar-refractivity contribution >= 4 is 34.3 Å². The quantitative estimate of drug-likeness (QED) is 0.291. The molecule has 0 unspecified atom stereocenters. The molecule has 0 saturated heterocycles. The van der Waals surface area contributed by atoms with Gasteiger partial charge in [-0.1, -0.05) is 23.9 Å². The first-order valence-electron chi connectivity index (χ1n) is 10.7. The number of aryl methyl sites for hydroxylation is 1. The fraction of sp³-hybridized carbons (Fsp3) is 0.185. The first kappa shape index (κ1) is 23.6. The summed E-state index contributed by atoms with van der Waals surface area (Å²) in [6, 6.07) is 21.3. The molecule has 1 aromatic heterocycles. The number of thioether (sulfide) groups is 1. The van der Waals surface area contributed by atoms with E-state index in [1.54, 1.807) is 31.3 Å². The number of benzene rings is 3. The third-order valence-corrected chi connectivity index (χ3v) is 6.52. The molecule has 0 N–H and O–H groups in total. The Kier molecular flexibility index (Phi) is 7.33. The molecule has 4 aromatic rings. The van der Waals surface area contributed by atoms with Gasteiger partial charge in [0.1, 0.15) is 22.3 Å². The van der Waals surface area contributed by atoms with E-state index in [0.29, 0.717) is 12.2 Å². The number of fused-ring (bicyclic) bond motifs is 1. The van der Waals surface area contributed by atoms with Crippen LogP contribution in [0.25, 0.3) is 10.9 Å². The first-order chi connectivity index (χ1) is 16.5. The van der Waals surface area contributed by atoms with E-state index < -0.39 is 0 Å². The Hall–Kier alpha value is -3.58. The van der Waals surface area contributed by atoms with Crippen LogP contribution in [0.3, 0.4) is 0 Å². The van der Waals surface area contributed by atoms with E-state index in [1.807, 2.05) is 55.5 Å². The summed E-state index contributed by atoms with van der Waals surface area (Å²) in [5.74, 6) is 1.28. The lowest BCUT2D eigenvalue weighted by Gasteiger charge is -2.23. The van der Waals surface area contributed by atoms with Crippen LogP contribution in [-0.4, -0.2) is 30.9 Å². The number of pyridine rings is 1. The van der Waals surface area contributed by atoms with Crippen LogP contribution >= 0.6 is 11.8 Å². The lowest BCUT2D eigenvalue weighted by Crippen LogP contribution is -2.32. The van der Waals surface area contributed by atoms with Gasteiger partial charge >= 0.3 is 0 Å². The molecule has 0 aliphatic heterocycles. The molecular weight excluding hydrogens is 451 g/mol. The maximum atomic E-state index is 13.5. The van der Waals surface area contributed by atoms with Gasteiger partial charge in [-0.3, -0.25) is 4.79 Å². The molecule has 0 fully saturated rings. The second kappa shape index (κ2) is 10.6. The van der Waals surface area contributed by atoms with Gasteiger partial charge in [0.25, 0.3) is 0 Å². The minimum absolute atomic E-state index is 0.0940. The third-order valence-electron chi connectivity index (χ3n) is 5.44. The van der Waals surface area contributed by atoms with Crippen LogP contribution in [0.1, 0.15) is 11.1 Å². The van der Waals surface area contributed by atoms with Crippen LogP contribution in [0.2, 0.25) is 0 Å². The molecule has 0 atom stereocenters. The highest BCUT2D eigenvalue weighted by Gasteiger charge is 2.18. The molecule has 34 heavy (non-hydrogen) atoms. The lowest BCUT2D eigenvalue weighted by molar-refractivity contribution is -0.116. The van der Waals surface area contributed by atoms with Crippen molar-refractivity contribution in [3.63, 3.8) is 0 Å². The second-order valence-corrected chi connectivity index (χ2v) is 8.73. The number of nitrogens with zero attached hydrogens (tertiary/aromatic N) is 2. The second-order valence-electron chi connectivity index (χ2n) is 7.76. The van der Waals surface area contributed by atoms with E-state index >= 15 is 0 Å². The van der Waals surface area contributed by atoms with E-state index in [0.717, 1.165) is 38.6 Å². The summed E-state index contributed by atoms with van der Waals surface area (Å²) in [5, 5.41) is 1.79. The topological polar surface area (TPSA) is 51.7 Å². The summed E-state index contributed by atoms with van der Waals surface area (Å²) in [6.07, 6.45) is 0. The van der Waals surface area contributed by atoms with E-state index in [2.05, 4.69) is 0 Å². The Morgan fingerprint density at radius 2 is 1.62 bits per heavy atom. The lowest BCUT2D eigenvalue weighted by atomic mass is 10.1. The molecule has 0 saturated carbocycles. The Labute approximate surface area is 202 Å². The van der Waals surface area contributed by atoms with Gasteiger partial charge in [0.05, 0.1) is 32.0 Å². The molecule has 1 amide bonds. The van der Waals surface area contributed by atoms with E-state index in [9.17, 15) is 9.18 Å². The molecule has 7 heteroatoms. The van der Waals surface area contributed by atoms with Gasteiger partial charge in [0.2, 0.25) is 5.91 Å². The minimum Gasteiger partial charge on any atom is -0.497 e. The van der Waals surface area contributed by atoms with Crippen molar-refractivity contribution in [1.29, 1.82) is 0 Å². The van der Waals surface area contributed by atoms with Crippen molar-refractivity contribution in [1.82, 2.24) is 4.98 Å². The molecule has 0 spiro atoms. The Balaban J connectivity index is 1.55. The van der Waals surface area contributed by atoms with Crippen molar-refractivity contribution < 1.29 is 18.7 Å². The summed E-state index contributed by atoms with van der Waals surface area (Å²) >= 11 is 1.40. The van der Waals surface area contributed by atoms with Gasteiger partial charge in [0, 0.05) is 11.1 Å². The average molecular weight is 477 g/mol. The number of carbonyl (C=O) groups excluding carboxylic acids is 1. The molecule has 0 aliphatic rings. The Bertz CT molecular complexity index is 1290. The smallest absolute Gasteiger partial charge is 0.237 e. The fourth-order valence-electron chi connectivity index (χ4n) is 3.58. The van der Waals surface area contributed by atoms with Gasteiger partial charge in [-0.25, -0.2) is 9.37 Å². The molecule has 3 aromatic carbocycles. The SMILES string of the molecule is COc1ccc(CN(C(=O)CSc2nc3ccc(OC)cc3cc2C)c2ccc(F)cc2)cc1. The summed E-state index contributed by atoms with van der Waals surface area (Å²) < 4.78 is 24.0. The number of halogens is 1. The Morgan fingerprint density at radius 1 is 0.941 bits per heavy atom. The van der Waals surface area contributed by atoms with Gasteiger partial charge in [-0.15, -0.1) is 0 Å². The standard InChI is InChI=1S/C27H25FN2O3S/c1-18-14-20-15-24(33-3)12-13-25(20)29-27(18)34-17-26(31)30(22-8-6-21(28)7-9-22)16-19-4-10-23(32-2)11-5-19/h4-15H,16-17H2,1-3H3. The van der Waals surface area contributed by atoms with Crippen molar-refractivity contribution in [2.75, 3.05) is 24.9 Å². The highest BCUT2D eigenvalue weighted by atomic mass is 32.2. The largest absolute Gasteiger partial charge is 0.497 e. The van der Waals surface area contributed by atoms with E-state index in [1.165, 1.54) is 23.9 Å². The van der Waals surface area contributed by atoms with Crippen LogP contribution in [0.5, 0.6) is 11.5 Å². The number of anilines is 1. The van der Waals surface area contributed by atoms with E-state index in [4.69, 9.17) is 14.5 Å². The molecule has 0 bridgehead atoms. The number of amides is 1. The van der Waals surface area contributed by atoms with Gasteiger partial charge < -0.3 is 14.4 Å². The molecule has 1 heterocycles. The number of carbonyl (C=O) groups is 1. The van der Waals surface area contributed by atoms with Crippen molar-refractivity contribution in [3.05, 3.63) is 89.7 Å². The zero-order valence-electron chi connectivity index (χ0n) is 19.2. The summed E-state index contributed by atoms with van der Waals surface area (Å²) in [6.45, 7) is 2.34. The fourth-order valence-corrected chi connectivity index (χ4v) is 4.45. The predicted octanol–water partition coefficient (Wildman–Crippen LogP) is 6.03. The number of aromatic nitrogens is 1. The molecule has 5 nitrogen and oxygen atoms in total. The summed E-state index contributed by atoms with van der Waals surface area (Å²) in [5.41, 5.74) is 3.41. The van der Waals surface area contributed by atoms with Crippen molar-refractivity contribution in [3.8, 4) is 11.5 Å². The predicted molar refractivity (Wildman–Crippen MR) is 134 cm³/mol. The van der Waals surface area contributed by atoms with E-state index in [-0.39, 0.29) is 17.5 Å². The van der Waals surface area contributed by atoms with Crippen molar-refractivity contribution in [2.45, 2.75) is 18.5 Å². The van der Waals surface area contributed by atoms with Crippen LogP contribution < -0.4 is 14.4 Å². The molecule has 0 aliphatic carbocycles. The Morgan fingerprint density at radius 3 is 2.29 bits per heavy atom. The normalized spacial score (nSPS) is 10.8. The molecular formula is C27H25FN2O3S. The van der Waals surface area contributed by atoms with Crippen LogP contribution in [0, 0.1) is 12.7 Å². The van der Waals surface area contributed by atoms with Crippen LogP contribution in [0.4, 0.5) is 10.1 Å². The summed E-state index contributed by atoms with van der Waals surface area (Å²) in [7, 11) is 3.25. The number of rotatable bonds is 8. The highest BCUT2D eigenvalue weighted by Crippen LogP contribution is 2.28. The van der Waals surface area contributed by atoms with Crippen molar-refractivity contribution in [2.24, 2.45) is 0 Å². The number of hydrogen-bond donors (Lipinski definition) is 0. The minimum atomic E-state index is -0.345. The highest BCUT2D eigenvalue weighted by molar-refractivity contribution is 8.00. The first-order valence-corrected chi connectivity index (χ1v) is 11.7. The monoisotopic (exact) mass is 476 g/mol. The zero-order valence-corrected chi connectivity index (χ0v) is 20.1. The van der Waals surface area contributed by atoms with Crippen LogP contribution in [-0.2, 0) is 11.3 Å². The summed E-state index contributed by atoms with van der Waals surface area (Å²) in [4.78, 5) is 19.7. The number of hydrogen-bond acceptors (Lipinski definition) is 5. The molecule has 0 radical (unpaired) electrons.